The van der Waals surface area contributed by atoms with Crippen LogP contribution in [0.25, 0.3) is 0 Å². The fraction of sp³-hybridized carbons (Fsp3) is 0.889. The van der Waals surface area contributed by atoms with Crippen molar-refractivity contribution in [3.05, 3.63) is 36.5 Å². The number of esters is 1. The third-order valence-electron chi connectivity index (χ3n) is 16.3. The first-order chi connectivity index (χ1) is 39.9. The van der Waals surface area contributed by atoms with Gasteiger partial charge < -0.3 is 19.4 Å². The zero-order chi connectivity index (χ0) is 60.0. The number of hydrogen-bond acceptors (Lipinski definition) is 6. The van der Waals surface area contributed by atoms with Crippen molar-refractivity contribution in [2.24, 2.45) is 0 Å². The maximum absolute atomic E-state index is 13.6. The number of unbranched alkanes of at least 4 members (excludes halogenated alkanes) is 46. The molecule has 0 rings (SSSR count). The van der Waals surface area contributed by atoms with Gasteiger partial charge in [0.15, 0.2) is 0 Å². The number of phosphoric acid groups is 1. The number of carbonyl (C=O) groups is 2. The number of ether oxygens (including phenoxy) is 1. The van der Waals surface area contributed by atoms with Gasteiger partial charge >= 0.3 is 13.8 Å². The fourth-order valence-electron chi connectivity index (χ4n) is 10.8. The van der Waals surface area contributed by atoms with Crippen LogP contribution in [0.3, 0.4) is 0 Å². The second kappa shape index (κ2) is 62.3. The number of likely N-dealkylation sites (N-methyl/N-ethyl adjacent to an activating group) is 1. The molecule has 3 unspecified atom stereocenters. The fourth-order valence-corrected chi connectivity index (χ4v) is 11.5. The maximum atomic E-state index is 13.6. The van der Waals surface area contributed by atoms with Gasteiger partial charge in [0.25, 0.3) is 0 Å². The Bertz CT molecular complexity index is 1500. The highest BCUT2D eigenvalue weighted by Gasteiger charge is 2.30. The molecule has 0 aromatic heterocycles. The maximum Gasteiger partial charge on any atom is 0.472 e. The summed E-state index contributed by atoms with van der Waals surface area (Å²) < 4.78 is 30.8. The van der Waals surface area contributed by atoms with Gasteiger partial charge in [-0.2, -0.15) is 0 Å². The van der Waals surface area contributed by atoms with Gasteiger partial charge in [-0.25, -0.2) is 4.57 Å². The monoisotopic (exact) mass is 1180 g/mol. The molecule has 0 aliphatic heterocycles. The Kier molecular flexibility index (Phi) is 60.9. The van der Waals surface area contributed by atoms with E-state index in [1.807, 2.05) is 33.3 Å². The van der Waals surface area contributed by atoms with Crippen LogP contribution in [-0.4, -0.2) is 74.3 Å². The van der Waals surface area contributed by atoms with Crippen LogP contribution in [0.1, 0.15) is 361 Å². The number of amides is 1. The summed E-state index contributed by atoms with van der Waals surface area (Å²) >= 11 is 0. The second-order valence-corrected chi connectivity index (χ2v) is 27.2. The predicted octanol–water partition coefficient (Wildman–Crippen LogP) is 22.6. The first-order valence-electron chi connectivity index (χ1n) is 35.8. The van der Waals surface area contributed by atoms with E-state index >= 15 is 0 Å². The van der Waals surface area contributed by atoms with Crippen LogP contribution in [0.15, 0.2) is 36.5 Å². The lowest BCUT2D eigenvalue weighted by molar-refractivity contribution is -0.870. The van der Waals surface area contributed by atoms with Gasteiger partial charge in [-0.05, 0) is 63.9 Å². The molecule has 0 heterocycles. The largest absolute Gasteiger partial charge is 0.472 e. The quantitative estimate of drug-likeness (QED) is 0.0205. The molecule has 0 aliphatic rings. The predicted molar refractivity (Wildman–Crippen MR) is 356 cm³/mol. The van der Waals surface area contributed by atoms with E-state index in [1.165, 1.54) is 263 Å². The van der Waals surface area contributed by atoms with E-state index in [0.29, 0.717) is 23.9 Å². The molecule has 3 atom stereocenters. The third-order valence-corrected chi connectivity index (χ3v) is 17.3. The zero-order valence-electron chi connectivity index (χ0n) is 55.5. The molecule has 0 radical (unpaired) electrons. The lowest BCUT2D eigenvalue weighted by Gasteiger charge is -2.27. The summed E-state index contributed by atoms with van der Waals surface area (Å²) in [4.78, 5) is 37.9. The van der Waals surface area contributed by atoms with E-state index in [-0.39, 0.29) is 25.1 Å². The minimum absolute atomic E-state index is 0.0429. The number of carbonyl (C=O) groups excluding carboxylic acids is 2. The Labute approximate surface area is 510 Å². The first kappa shape index (κ1) is 80.2. The number of hydrogen-bond donors (Lipinski definition) is 2. The number of nitrogens with one attached hydrogen (secondary N) is 1. The van der Waals surface area contributed by atoms with Crippen molar-refractivity contribution in [3.8, 4) is 0 Å². The number of phosphoric ester groups is 1. The molecule has 0 spiro atoms. The van der Waals surface area contributed by atoms with E-state index < -0.39 is 20.0 Å². The topological polar surface area (TPSA) is 111 Å². The van der Waals surface area contributed by atoms with Crippen molar-refractivity contribution in [1.29, 1.82) is 0 Å². The van der Waals surface area contributed by atoms with Crippen molar-refractivity contribution in [1.82, 2.24) is 5.32 Å². The Hall–Kier alpha value is -1.77. The summed E-state index contributed by atoms with van der Waals surface area (Å²) in [6.45, 7) is 7.05. The van der Waals surface area contributed by atoms with E-state index in [1.54, 1.807) is 0 Å². The Morgan fingerprint density at radius 1 is 0.427 bits per heavy atom. The first-order valence-corrected chi connectivity index (χ1v) is 37.3. The summed E-state index contributed by atoms with van der Waals surface area (Å²) in [5, 5.41) is 3.08. The van der Waals surface area contributed by atoms with Crippen LogP contribution in [0.5, 0.6) is 0 Å². The lowest BCUT2D eigenvalue weighted by atomic mass is 10.0. The van der Waals surface area contributed by atoms with E-state index in [9.17, 15) is 19.0 Å². The van der Waals surface area contributed by atoms with Crippen LogP contribution >= 0.6 is 7.82 Å². The van der Waals surface area contributed by atoms with Gasteiger partial charge in [0, 0.05) is 12.8 Å². The van der Waals surface area contributed by atoms with Gasteiger partial charge in [0.1, 0.15) is 19.3 Å². The van der Waals surface area contributed by atoms with E-state index in [4.69, 9.17) is 13.8 Å². The molecule has 0 saturated heterocycles. The minimum atomic E-state index is -4.45. The smallest absolute Gasteiger partial charge is 0.456 e. The molecule has 82 heavy (non-hydrogen) atoms. The van der Waals surface area contributed by atoms with E-state index in [0.717, 1.165) is 64.2 Å². The standard InChI is InChI=1S/C72H139N2O7P/c1-7-10-13-16-19-22-25-28-30-32-34-36-37-39-40-42-44-46-49-52-55-58-61-64-71(75)73-69(68-80-82(77,78)79-67-66-74(4,5)6)70(63-60-57-54-51-48-27-24-21-18-15-12-9-3)81-72(76)65-62-59-56-53-50-47-45-43-41-38-35-33-31-29-26-23-20-17-14-11-8-2/h20,23,29,31,60,63,69-70H,7-19,21-22,24-28,30,32-59,61-62,64-68H2,1-6H3,(H-,73,75,77,78)/p+1/b23-20-,31-29-,63-60+. The Morgan fingerprint density at radius 2 is 0.744 bits per heavy atom. The highest BCUT2D eigenvalue weighted by molar-refractivity contribution is 7.47. The highest BCUT2D eigenvalue weighted by Crippen LogP contribution is 2.43. The summed E-state index contributed by atoms with van der Waals surface area (Å²) in [5.74, 6) is -0.487. The summed E-state index contributed by atoms with van der Waals surface area (Å²) in [6, 6.07) is -0.846. The molecule has 484 valence electrons. The number of allylic oxidation sites excluding steroid dienone is 5. The van der Waals surface area contributed by atoms with Crippen LogP contribution in [0.4, 0.5) is 0 Å². The van der Waals surface area contributed by atoms with Gasteiger partial charge in [0.2, 0.25) is 5.91 Å². The minimum Gasteiger partial charge on any atom is -0.456 e. The van der Waals surface area contributed by atoms with Crippen LogP contribution in [0, 0.1) is 0 Å². The molecule has 0 aliphatic carbocycles. The summed E-state index contributed by atoms with van der Waals surface area (Å²) in [6.07, 6.45) is 77.3. The van der Waals surface area contributed by atoms with Crippen molar-refractivity contribution >= 4 is 19.7 Å². The number of quaternary nitrogens is 1. The molecular weight excluding hydrogens is 1040 g/mol. The molecule has 0 fully saturated rings. The highest BCUT2D eigenvalue weighted by atomic mass is 31.2. The summed E-state index contributed by atoms with van der Waals surface area (Å²) in [5.41, 5.74) is 0. The average molecular weight is 1180 g/mol. The number of nitrogens with zero attached hydrogens (tertiary/aromatic N) is 1. The zero-order valence-corrected chi connectivity index (χ0v) is 56.4. The molecule has 1 amide bonds. The molecule has 2 N–H and O–H groups in total. The molecule has 10 heteroatoms. The number of rotatable bonds is 66. The molecule has 0 bridgehead atoms. The third kappa shape index (κ3) is 62.8. The lowest BCUT2D eigenvalue weighted by Crippen LogP contribution is -2.47. The second-order valence-electron chi connectivity index (χ2n) is 25.8. The van der Waals surface area contributed by atoms with Crippen molar-refractivity contribution in [3.63, 3.8) is 0 Å². The van der Waals surface area contributed by atoms with Gasteiger partial charge in [-0.15, -0.1) is 0 Å². The molecule has 0 saturated carbocycles. The van der Waals surface area contributed by atoms with Gasteiger partial charge in [-0.3, -0.25) is 18.6 Å². The van der Waals surface area contributed by atoms with Gasteiger partial charge in [0.05, 0.1) is 33.8 Å². The molecule has 0 aromatic rings. The summed E-state index contributed by atoms with van der Waals surface area (Å²) in [7, 11) is 1.51. The van der Waals surface area contributed by atoms with Gasteiger partial charge in [-0.1, -0.05) is 321 Å². The van der Waals surface area contributed by atoms with E-state index in [2.05, 4.69) is 50.4 Å². The Balaban J connectivity index is 5.04. The normalized spacial score (nSPS) is 13.7. The molecule has 0 aromatic carbocycles. The average Bonchev–Trinajstić information content (AvgIpc) is 3.44. The molecule has 9 nitrogen and oxygen atoms in total. The van der Waals surface area contributed by atoms with Crippen LogP contribution < -0.4 is 5.32 Å². The van der Waals surface area contributed by atoms with Crippen LogP contribution in [-0.2, 0) is 27.9 Å². The van der Waals surface area contributed by atoms with Crippen molar-refractivity contribution < 1.29 is 37.3 Å². The van der Waals surface area contributed by atoms with Crippen molar-refractivity contribution in [2.75, 3.05) is 40.9 Å². The molecular formula is C72H140N2O7P+. The van der Waals surface area contributed by atoms with Crippen LogP contribution in [0.2, 0.25) is 0 Å². The Morgan fingerprint density at radius 3 is 1.12 bits per heavy atom. The SMILES string of the molecule is CCCCC/C=C\C/C=C\CCCCCCCCCCCCCC(=O)OC(/C=C/CCCCCCCCCCCC)C(COP(=O)(O)OCC[N+](C)(C)C)NC(=O)CCCCCCCCCCCCCCCCCCCCCCCCC. The van der Waals surface area contributed by atoms with Crippen molar-refractivity contribution in [2.45, 2.75) is 373 Å².